The summed E-state index contributed by atoms with van der Waals surface area (Å²) >= 11 is 1.22. The van der Waals surface area contributed by atoms with Gasteiger partial charge in [0.2, 0.25) is 0 Å². The predicted octanol–water partition coefficient (Wildman–Crippen LogP) is 3.90. The second-order valence-corrected chi connectivity index (χ2v) is 6.41. The van der Waals surface area contributed by atoms with Crippen molar-refractivity contribution in [3.8, 4) is 5.75 Å². The van der Waals surface area contributed by atoms with E-state index >= 15 is 0 Å². The number of pyridine rings is 1. The van der Waals surface area contributed by atoms with E-state index in [1.165, 1.54) is 30.6 Å². The highest BCUT2D eigenvalue weighted by atomic mass is 32.1. The number of nitrogens with zero attached hydrogens (tertiary/aromatic N) is 1. The van der Waals surface area contributed by atoms with Gasteiger partial charge in [0, 0.05) is 22.8 Å². The van der Waals surface area contributed by atoms with Gasteiger partial charge < -0.3 is 15.8 Å². The average molecular weight is 345 g/mol. The number of ether oxygens (including phenoxy) is 1. The maximum absolute atomic E-state index is 13.7. The molecule has 24 heavy (non-hydrogen) atoms. The Labute approximate surface area is 142 Å². The van der Waals surface area contributed by atoms with E-state index in [2.05, 4.69) is 10.3 Å². The molecule has 0 aliphatic carbocycles. The molecular weight excluding hydrogens is 329 g/mol. The number of rotatable bonds is 3. The molecule has 0 spiro atoms. The van der Waals surface area contributed by atoms with Crippen molar-refractivity contribution in [1.29, 1.82) is 0 Å². The summed E-state index contributed by atoms with van der Waals surface area (Å²) in [6.07, 6.45) is 0. The van der Waals surface area contributed by atoms with Crippen LogP contribution in [0.3, 0.4) is 0 Å². The Morgan fingerprint density at radius 1 is 1.33 bits per heavy atom. The molecule has 0 aliphatic rings. The molecule has 0 fully saturated rings. The molecule has 3 aromatic rings. The Kier molecular flexibility index (Phi) is 4.11. The molecule has 0 aliphatic heterocycles. The van der Waals surface area contributed by atoms with Gasteiger partial charge in [-0.05, 0) is 37.6 Å². The fourth-order valence-electron chi connectivity index (χ4n) is 2.57. The minimum Gasteiger partial charge on any atom is -0.494 e. The number of carbonyl (C=O) groups is 1. The number of benzene rings is 1. The summed E-state index contributed by atoms with van der Waals surface area (Å²) in [5.41, 5.74) is 8.70. The van der Waals surface area contributed by atoms with Crippen LogP contribution in [-0.2, 0) is 0 Å². The molecule has 3 rings (SSSR count). The summed E-state index contributed by atoms with van der Waals surface area (Å²) in [4.78, 5) is 18.0. The Bertz CT molecular complexity index is 953. The molecule has 0 atom stereocenters. The van der Waals surface area contributed by atoms with Crippen molar-refractivity contribution in [2.45, 2.75) is 13.8 Å². The zero-order chi connectivity index (χ0) is 17.4. The molecule has 7 heteroatoms. The van der Waals surface area contributed by atoms with Gasteiger partial charge in [-0.15, -0.1) is 11.3 Å². The van der Waals surface area contributed by atoms with E-state index in [0.717, 1.165) is 21.5 Å². The SMILES string of the molecule is COc1ccc(NC(=O)c2sc3nc(C)cc(C)c3c2N)cc1F. The maximum atomic E-state index is 13.7. The Hall–Kier alpha value is -2.67. The van der Waals surface area contributed by atoms with Crippen LogP contribution in [0.25, 0.3) is 10.2 Å². The number of thiophene rings is 1. The number of aromatic nitrogens is 1. The van der Waals surface area contributed by atoms with Crippen LogP contribution in [0.1, 0.15) is 20.9 Å². The fraction of sp³-hybridized carbons (Fsp3) is 0.176. The zero-order valence-electron chi connectivity index (χ0n) is 13.4. The second-order valence-electron chi connectivity index (χ2n) is 5.41. The third kappa shape index (κ3) is 2.78. The molecule has 1 aromatic carbocycles. The molecule has 124 valence electrons. The summed E-state index contributed by atoms with van der Waals surface area (Å²) in [6.45, 7) is 3.82. The minimum atomic E-state index is -0.548. The molecule has 0 radical (unpaired) electrons. The highest BCUT2D eigenvalue weighted by Gasteiger charge is 2.19. The van der Waals surface area contributed by atoms with Gasteiger partial charge in [0.15, 0.2) is 11.6 Å². The van der Waals surface area contributed by atoms with Crippen molar-refractivity contribution in [1.82, 2.24) is 4.98 Å². The molecule has 5 nitrogen and oxygen atoms in total. The van der Waals surface area contributed by atoms with Crippen LogP contribution < -0.4 is 15.8 Å². The lowest BCUT2D eigenvalue weighted by atomic mass is 10.1. The number of aryl methyl sites for hydroxylation is 2. The van der Waals surface area contributed by atoms with Gasteiger partial charge >= 0.3 is 0 Å². The first-order valence-corrected chi connectivity index (χ1v) is 8.03. The summed E-state index contributed by atoms with van der Waals surface area (Å²) in [7, 11) is 1.38. The fourth-order valence-corrected chi connectivity index (χ4v) is 3.68. The molecule has 1 amide bonds. The molecule has 2 heterocycles. The van der Waals surface area contributed by atoms with E-state index in [1.54, 1.807) is 6.07 Å². The van der Waals surface area contributed by atoms with Crippen molar-refractivity contribution in [3.63, 3.8) is 0 Å². The predicted molar refractivity (Wildman–Crippen MR) is 94.4 cm³/mol. The molecule has 2 aromatic heterocycles. The minimum absolute atomic E-state index is 0.115. The van der Waals surface area contributed by atoms with Gasteiger partial charge in [0.1, 0.15) is 9.71 Å². The number of methoxy groups -OCH3 is 1. The lowest BCUT2D eigenvalue weighted by Crippen LogP contribution is -2.12. The van der Waals surface area contributed by atoms with Crippen molar-refractivity contribution in [2.75, 3.05) is 18.2 Å². The Morgan fingerprint density at radius 2 is 2.08 bits per heavy atom. The van der Waals surface area contributed by atoms with Gasteiger partial charge in [0.05, 0.1) is 12.8 Å². The lowest BCUT2D eigenvalue weighted by molar-refractivity contribution is 0.103. The zero-order valence-corrected chi connectivity index (χ0v) is 14.3. The van der Waals surface area contributed by atoms with Crippen molar-refractivity contribution in [2.24, 2.45) is 0 Å². The number of nitrogen functional groups attached to an aromatic ring is 1. The van der Waals surface area contributed by atoms with Gasteiger partial charge in [-0.2, -0.15) is 0 Å². The number of fused-ring (bicyclic) bond motifs is 1. The number of amides is 1. The molecule has 0 bridgehead atoms. The van der Waals surface area contributed by atoms with E-state index < -0.39 is 11.7 Å². The van der Waals surface area contributed by atoms with Crippen molar-refractivity contribution in [3.05, 3.63) is 46.2 Å². The summed E-state index contributed by atoms with van der Waals surface area (Å²) in [5, 5.41) is 3.44. The first kappa shape index (κ1) is 16.2. The highest BCUT2D eigenvalue weighted by Crippen LogP contribution is 2.35. The van der Waals surface area contributed by atoms with E-state index in [4.69, 9.17) is 10.5 Å². The summed E-state index contributed by atoms with van der Waals surface area (Å²) < 4.78 is 18.6. The van der Waals surface area contributed by atoms with E-state index in [1.807, 2.05) is 19.9 Å². The van der Waals surface area contributed by atoms with Crippen LogP contribution >= 0.6 is 11.3 Å². The molecule has 0 saturated carbocycles. The summed E-state index contributed by atoms with van der Waals surface area (Å²) in [5.74, 6) is -0.824. The topological polar surface area (TPSA) is 77.2 Å². The van der Waals surface area contributed by atoms with Crippen molar-refractivity contribution < 1.29 is 13.9 Å². The molecular formula is C17H16FN3O2S. The standard InChI is InChI=1S/C17H16FN3O2S/c1-8-6-9(2)20-17-13(8)14(19)15(24-17)16(22)21-10-4-5-12(23-3)11(18)7-10/h4-7H,19H2,1-3H3,(H,21,22). The largest absolute Gasteiger partial charge is 0.494 e. The van der Waals surface area contributed by atoms with Crippen molar-refractivity contribution >= 4 is 38.8 Å². The van der Waals surface area contributed by atoms with Crippen LogP contribution in [0, 0.1) is 19.7 Å². The van der Waals surface area contributed by atoms with Crippen LogP contribution in [0.5, 0.6) is 5.75 Å². The number of anilines is 2. The summed E-state index contributed by atoms with van der Waals surface area (Å²) in [6, 6.07) is 6.14. The van der Waals surface area contributed by atoms with Crippen LogP contribution in [0.15, 0.2) is 24.3 Å². The lowest BCUT2D eigenvalue weighted by Gasteiger charge is -2.07. The van der Waals surface area contributed by atoms with Crippen LogP contribution in [0.4, 0.5) is 15.8 Å². The third-order valence-corrected chi connectivity index (χ3v) is 4.74. The second kappa shape index (κ2) is 6.09. The number of hydrogen-bond acceptors (Lipinski definition) is 5. The molecule has 0 saturated heterocycles. The monoisotopic (exact) mass is 345 g/mol. The Morgan fingerprint density at radius 3 is 2.75 bits per heavy atom. The van der Waals surface area contributed by atoms with Gasteiger partial charge in [0.25, 0.3) is 5.91 Å². The highest BCUT2D eigenvalue weighted by molar-refractivity contribution is 7.21. The van der Waals surface area contributed by atoms with Crippen LogP contribution in [-0.4, -0.2) is 18.0 Å². The first-order chi connectivity index (χ1) is 11.4. The maximum Gasteiger partial charge on any atom is 0.267 e. The van der Waals surface area contributed by atoms with Gasteiger partial charge in [-0.3, -0.25) is 4.79 Å². The number of halogens is 1. The van der Waals surface area contributed by atoms with E-state index in [0.29, 0.717) is 16.3 Å². The van der Waals surface area contributed by atoms with Gasteiger partial charge in [-0.25, -0.2) is 9.37 Å². The third-order valence-electron chi connectivity index (χ3n) is 3.64. The number of nitrogens with two attached hydrogens (primary N) is 1. The normalized spacial score (nSPS) is 10.8. The number of nitrogens with one attached hydrogen (secondary N) is 1. The smallest absolute Gasteiger partial charge is 0.267 e. The quantitative estimate of drug-likeness (QED) is 0.755. The average Bonchev–Trinajstić information content (AvgIpc) is 2.84. The van der Waals surface area contributed by atoms with E-state index in [-0.39, 0.29) is 5.75 Å². The first-order valence-electron chi connectivity index (χ1n) is 7.21. The number of carbonyl (C=O) groups excluding carboxylic acids is 1. The number of hydrogen-bond donors (Lipinski definition) is 2. The molecule has 0 unspecified atom stereocenters. The van der Waals surface area contributed by atoms with E-state index in [9.17, 15) is 9.18 Å². The Balaban J connectivity index is 1.96. The molecule has 3 N–H and O–H groups in total. The van der Waals surface area contributed by atoms with Crippen LogP contribution in [0.2, 0.25) is 0 Å². The van der Waals surface area contributed by atoms with Gasteiger partial charge in [-0.1, -0.05) is 0 Å².